The first-order chi connectivity index (χ1) is 9.56. The van der Waals surface area contributed by atoms with E-state index in [9.17, 15) is 9.59 Å². The summed E-state index contributed by atoms with van der Waals surface area (Å²) in [4.78, 5) is 25.4. The second-order valence-electron chi connectivity index (χ2n) is 5.54. The summed E-state index contributed by atoms with van der Waals surface area (Å²) in [6, 6.07) is 1.83. The monoisotopic (exact) mass is 278 g/mol. The zero-order valence-electron chi connectivity index (χ0n) is 12.1. The van der Waals surface area contributed by atoms with E-state index in [0.717, 1.165) is 25.0 Å². The lowest BCUT2D eigenvalue weighted by Gasteiger charge is -2.19. The standard InChI is InChI=1S/C14H22N4O2/c1-10(2)11-8-12(17-16-11)15-13(19)9-18-7-5-3-4-6-14(18)20/h8,10H,3-7,9H2,1-2H3,(H2,15,16,17,19). The Morgan fingerprint density at radius 2 is 2.25 bits per heavy atom. The third kappa shape index (κ3) is 3.82. The third-order valence-corrected chi connectivity index (χ3v) is 3.49. The summed E-state index contributed by atoms with van der Waals surface area (Å²) in [5.41, 5.74) is 0.978. The van der Waals surface area contributed by atoms with Crippen molar-refractivity contribution in [3.8, 4) is 0 Å². The molecule has 0 bridgehead atoms. The van der Waals surface area contributed by atoms with Crippen LogP contribution in [0.5, 0.6) is 0 Å². The van der Waals surface area contributed by atoms with Crippen molar-refractivity contribution < 1.29 is 9.59 Å². The minimum atomic E-state index is -0.193. The molecule has 110 valence electrons. The zero-order valence-corrected chi connectivity index (χ0v) is 12.1. The van der Waals surface area contributed by atoms with Crippen molar-refractivity contribution >= 4 is 17.6 Å². The fraction of sp³-hybridized carbons (Fsp3) is 0.643. The van der Waals surface area contributed by atoms with Gasteiger partial charge in [0.2, 0.25) is 11.8 Å². The van der Waals surface area contributed by atoms with Gasteiger partial charge in [-0.25, -0.2) is 0 Å². The lowest BCUT2D eigenvalue weighted by molar-refractivity contribution is -0.134. The Hall–Kier alpha value is -1.85. The molecule has 0 spiro atoms. The Labute approximate surface area is 118 Å². The number of amides is 2. The molecule has 2 heterocycles. The number of carbonyl (C=O) groups is 2. The van der Waals surface area contributed by atoms with Gasteiger partial charge in [-0.05, 0) is 18.8 Å². The summed E-state index contributed by atoms with van der Waals surface area (Å²) in [5.74, 6) is 0.728. The molecule has 0 saturated carbocycles. The Morgan fingerprint density at radius 1 is 1.45 bits per heavy atom. The first kappa shape index (κ1) is 14.6. The normalized spacial score (nSPS) is 16.4. The number of aromatic amines is 1. The molecule has 2 amide bonds. The van der Waals surface area contributed by atoms with Crippen LogP contribution in [0.4, 0.5) is 5.82 Å². The molecule has 1 aliphatic rings. The number of nitrogens with zero attached hydrogens (tertiary/aromatic N) is 2. The van der Waals surface area contributed by atoms with Crippen molar-refractivity contribution in [2.24, 2.45) is 0 Å². The molecule has 6 heteroatoms. The molecule has 0 radical (unpaired) electrons. The molecule has 1 aliphatic heterocycles. The van der Waals surface area contributed by atoms with Gasteiger partial charge in [-0.3, -0.25) is 14.7 Å². The zero-order chi connectivity index (χ0) is 14.5. The number of hydrogen-bond donors (Lipinski definition) is 2. The molecule has 0 unspecified atom stereocenters. The van der Waals surface area contributed by atoms with Gasteiger partial charge in [0, 0.05) is 24.7 Å². The van der Waals surface area contributed by atoms with Crippen LogP contribution in [0.2, 0.25) is 0 Å². The molecule has 6 nitrogen and oxygen atoms in total. The fourth-order valence-electron chi connectivity index (χ4n) is 2.26. The maximum atomic E-state index is 12.0. The SMILES string of the molecule is CC(C)c1cc(NC(=O)CN2CCCCCC2=O)n[nH]1. The van der Waals surface area contributed by atoms with Crippen LogP contribution in [0.15, 0.2) is 6.07 Å². The second-order valence-corrected chi connectivity index (χ2v) is 5.54. The van der Waals surface area contributed by atoms with E-state index in [2.05, 4.69) is 29.4 Å². The number of rotatable bonds is 4. The number of carbonyl (C=O) groups excluding carboxylic acids is 2. The van der Waals surface area contributed by atoms with Crippen molar-refractivity contribution in [1.82, 2.24) is 15.1 Å². The van der Waals surface area contributed by atoms with Gasteiger partial charge in [-0.15, -0.1) is 0 Å². The van der Waals surface area contributed by atoms with E-state index in [1.807, 2.05) is 6.07 Å². The maximum Gasteiger partial charge on any atom is 0.245 e. The number of nitrogens with one attached hydrogen (secondary N) is 2. The van der Waals surface area contributed by atoms with Crippen molar-refractivity contribution in [3.63, 3.8) is 0 Å². The highest BCUT2D eigenvalue weighted by Crippen LogP contribution is 2.15. The minimum Gasteiger partial charge on any atom is -0.333 e. The van der Waals surface area contributed by atoms with Gasteiger partial charge in [0.25, 0.3) is 0 Å². The molecule has 1 fully saturated rings. The van der Waals surface area contributed by atoms with Gasteiger partial charge < -0.3 is 10.2 Å². The van der Waals surface area contributed by atoms with E-state index < -0.39 is 0 Å². The van der Waals surface area contributed by atoms with Crippen LogP contribution in [-0.2, 0) is 9.59 Å². The first-order valence-electron chi connectivity index (χ1n) is 7.19. The number of aromatic nitrogens is 2. The second kappa shape index (κ2) is 6.54. The third-order valence-electron chi connectivity index (χ3n) is 3.49. The largest absolute Gasteiger partial charge is 0.333 e. The van der Waals surface area contributed by atoms with Crippen LogP contribution in [0, 0.1) is 0 Å². The van der Waals surface area contributed by atoms with Crippen LogP contribution in [0.3, 0.4) is 0 Å². The topological polar surface area (TPSA) is 78.1 Å². The summed E-state index contributed by atoms with van der Waals surface area (Å²) in [6.07, 6.45) is 3.50. The van der Waals surface area contributed by atoms with Gasteiger partial charge >= 0.3 is 0 Å². The lowest BCUT2D eigenvalue weighted by Crippen LogP contribution is -2.37. The molecule has 2 rings (SSSR count). The van der Waals surface area contributed by atoms with Gasteiger partial charge in [-0.1, -0.05) is 20.3 Å². The Bertz CT molecular complexity index is 481. The molecular weight excluding hydrogens is 256 g/mol. The molecule has 0 atom stereocenters. The van der Waals surface area contributed by atoms with Crippen molar-refractivity contribution in [2.75, 3.05) is 18.4 Å². The van der Waals surface area contributed by atoms with E-state index in [-0.39, 0.29) is 18.4 Å². The highest BCUT2D eigenvalue weighted by molar-refractivity contribution is 5.93. The minimum absolute atomic E-state index is 0.0718. The van der Waals surface area contributed by atoms with E-state index >= 15 is 0 Å². The molecule has 2 N–H and O–H groups in total. The summed E-state index contributed by atoms with van der Waals surface area (Å²) < 4.78 is 0. The molecule has 1 saturated heterocycles. The predicted octanol–water partition coefficient (Wildman–Crippen LogP) is 1.87. The summed E-state index contributed by atoms with van der Waals surface area (Å²) in [5, 5.41) is 9.67. The molecule has 20 heavy (non-hydrogen) atoms. The Morgan fingerprint density at radius 3 is 2.95 bits per heavy atom. The molecule has 0 aliphatic carbocycles. The van der Waals surface area contributed by atoms with Crippen LogP contribution in [0.25, 0.3) is 0 Å². The number of H-pyrrole nitrogens is 1. The fourth-order valence-corrected chi connectivity index (χ4v) is 2.26. The van der Waals surface area contributed by atoms with Crippen molar-refractivity contribution in [1.29, 1.82) is 0 Å². The summed E-state index contributed by atoms with van der Waals surface area (Å²) in [7, 11) is 0. The quantitative estimate of drug-likeness (QED) is 0.882. The molecular formula is C14H22N4O2. The van der Waals surface area contributed by atoms with Gasteiger partial charge in [0.05, 0.1) is 6.54 Å². The predicted molar refractivity (Wildman–Crippen MR) is 76.4 cm³/mol. The molecule has 0 aromatic carbocycles. The smallest absolute Gasteiger partial charge is 0.245 e. The first-order valence-corrected chi connectivity index (χ1v) is 7.19. The average molecular weight is 278 g/mol. The van der Waals surface area contributed by atoms with E-state index in [0.29, 0.717) is 24.7 Å². The van der Waals surface area contributed by atoms with Crippen molar-refractivity contribution in [3.05, 3.63) is 11.8 Å². The lowest BCUT2D eigenvalue weighted by atomic mass is 10.1. The highest BCUT2D eigenvalue weighted by atomic mass is 16.2. The Balaban J connectivity index is 1.89. The van der Waals surface area contributed by atoms with Crippen LogP contribution in [0.1, 0.15) is 51.1 Å². The molecule has 1 aromatic heterocycles. The average Bonchev–Trinajstić information content (AvgIpc) is 2.76. The van der Waals surface area contributed by atoms with Crippen LogP contribution < -0.4 is 5.32 Å². The number of likely N-dealkylation sites (tertiary alicyclic amines) is 1. The van der Waals surface area contributed by atoms with E-state index in [1.54, 1.807) is 4.90 Å². The van der Waals surface area contributed by atoms with E-state index in [1.165, 1.54) is 0 Å². The Kier molecular flexibility index (Phi) is 4.76. The van der Waals surface area contributed by atoms with Crippen LogP contribution >= 0.6 is 0 Å². The summed E-state index contributed by atoms with van der Waals surface area (Å²) >= 11 is 0. The van der Waals surface area contributed by atoms with E-state index in [4.69, 9.17) is 0 Å². The van der Waals surface area contributed by atoms with Crippen molar-refractivity contribution in [2.45, 2.75) is 45.4 Å². The number of hydrogen-bond acceptors (Lipinski definition) is 3. The van der Waals surface area contributed by atoms with Gasteiger partial charge in [0.1, 0.15) is 0 Å². The maximum absolute atomic E-state index is 12.0. The number of anilines is 1. The highest BCUT2D eigenvalue weighted by Gasteiger charge is 2.19. The van der Waals surface area contributed by atoms with Gasteiger partial charge in [-0.2, -0.15) is 5.10 Å². The molecule has 1 aromatic rings. The van der Waals surface area contributed by atoms with Gasteiger partial charge in [0.15, 0.2) is 5.82 Å². The summed E-state index contributed by atoms with van der Waals surface area (Å²) in [6.45, 7) is 4.89. The van der Waals surface area contributed by atoms with Crippen LogP contribution in [-0.4, -0.2) is 40.0 Å².